The number of carbonyl (C=O) groups excluding carboxylic acids is 3. The van der Waals surface area contributed by atoms with Gasteiger partial charge >= 0.3 is 0 Å². The largest absolute Gasteiger partial charge is 0.272 e. The lowest BCUT2D eigenvalue weighted by molar-refractivity contribution is -0.143. The van der Waals surface area contributed by atoms with Crippen molar-refractivity contribution in [1.29, 1.82) is 0 Å². The van der Waals surface area contributed by atoms with Crippen molar-refractivity contribution in [3.63, 3.8) is 0 Å². The van der Waals surface area contributed by atoms with Crippen LogP contribution < -0.4 is 5.43 Å². The number of hydrazine groups is 1. The molecule has 2 saturated carbocycles. The zero-order valence-corrected chi connectivity index (χ0v) is 13.4. The van der Waals surface area contributed by atoms with Gasteiger partial charge in [-0.1, -0.05) is 29.8 Å². The Balaban J connectivity index is 1.41. The van der Waals surface area contributed by atoms with Gasteiger partial charge in [0.1, 0.15) is 0 Å². The molecule has 3 fully saturated rings. The van der Waals surface area contributed by atoms with Gasteiger partial charge in [-0.3, -0.25) is 19.8 Å². The van der Waals surface area contributed by atoms with Crippen molar-refractivity contribution < 1.29 is 14.4 Å². The molecule has 6 heteroatoms. The highest BCUT2D eigenvalue weighted by Gasteiger charge is 2.67. The van der Waals surface area contributed by atoms with Crippen LogP contribution in [0.4, 0.5) is 0 Å². The first-order valence-electron chi connectivity index (χ1n) is 8.19. The highest BCUT2D eigenvalue weighted by atomic mass is 35.5. The fraction of sp³-hybridized carbons (Fsp3) is 0.389. The van der Waals surface area contributed by atoms with E-state index >= 15 is 0 Å². The van der Waals surface area contributed by atoms with E-state index < -0.39 is 5.91 Å². The minimum absolute atomic E-state index is 0.148. The van der Waals surface area contributed by atoms with Crippen LogP contribution in [0.2, 0.25) is 5.02 Å². The molecule has 3 amide bonds. The number of imide groups is 1. The molecule has 6 atom stereocenters. The number of hydrogen-bond acceptors (Lipinski definition) is 3. The van der Waals surface area contributed by atoms with Gasteiger partial charge in [0.05, 0.1) is 11.8 Å². The minimum Gasteiger partial charge on any atom is -0.272 e. The van der Waals surface area contributed by atoms with E-state index in [2.05, 4.69) is 17.6 Å². The van der Waals surface area contributed by atoms with Crippen molar-refractivity contribution in [1.82, 2.24) is 10.4 Å². The third kappa shape index (κ3) is 1.79. The maximum absolute atomic E-state index is 12.8. The summed E-state index contributed by atoms with van der Waals surface area (Å²) < 4.78 is 0. The maximum Gasteiger partial charge on any atom is 0.270 e. The molecule has 6 rings (SSSR count). The molecule has 1 N–H and O–H groups in total. The van der Waals surface area contributed by atoms with E-state index in [0.29, 0.717) is 22.4 Å². The van der Waals surface area contributed by atoms with Gasteiger partial charge in [-0.05, 0) is 48.3 Å². The second-order valence-corrected chi connectivity index (χ2v) is 7.55. The number of nitrogens with one attached hydrogen (secondary N) is 1. The normalized spacial score (nSPS) is 38.1. The second-order valence-electron chi connectivity index (χ2n) is 7.12. The lowest BCUT2D eigenvalue weighted by Crippen LogP contribution is -2.46. The number of rotatable bonds is 2. The predicted octanol–water partition coefficient (Wildman–Crippen LogP) is 2.04. The molecule has 24 heavy (non-hydrogen) atoms. The third-order valence-electron chi connectivity index (χ3n) is 5.96. The average molecular weight is 343 g/mol. The van der Waals surface area contributed by atoms with Gasteiger partial charge in [-0.2, -0.15) is 5.01 Å². The molecule has 4 aliphatic carbocycles. The van der Waals surface area contributed by atoms with Gasteiger partial charge in [0, 0.05) is 10.6 Å². The first-order chi connectivity index (χ1) is 11.6. The summed E-state index contributed by atoms with van der Waals surface area (Å²) in [7, 11) is 0. The van der Waals surface area contributed by atoms with Crippen molar-refractivity contribution in [3.05, 3.63) is 47.0 Å². The van der Waals surface area contributed by atoms with Crippen molar-refractivity contribution in [3.8, 4) is 0 Å². The van der Waals surface area contributed by atoms with E-state index in [9.17, 15) is 14.4 Å². The minimum atomic E-state index is -0.497. The summed E-state index contributed by atoms with van der Waals surface area (Å²) in [6, 6.07) is 6.42. The summed E-state index contributed by atoms with van der Waals surface area (Å²) in [4.78, 5) is 37.9. The zero-order chi connectivity index (χ0) is 16.6. The number of halogens is 1. The van der Waals surface area contributed by atoms with Crippen LogP contribution in [0.3, 0.4) is 0 Å². The molecule has 0 aromatic heterocycles. The number of amides is 3. The average Bonchev–Trinajstić information content (AvgIpc) is 3.36. The Morgan fingerprint density at radius 3 is 2.29 bits per heavy atom. The number of nitrogens with zero attached hydrogens (tertiary/aromatic N) is 1. The summed E-state index contributed by atoms with van der Waals surface area (Å²) in [5.41, 5.74) is 2.81. The molecule has 5 aliphatic rings. The first-order valence-corrected chi connectivity index (χ1v) is 8.57. The Morgan fingerprint density at radius 2 is 1.71 bits per heavy atom. The summed E-state index contributed by atoms with van der Waals surface area (Å²) in [5.74, 6) is -0.280. The van der Waals surface area contributed by atoms with Crippen LogP contribution in [-0.2, 0) is 9.59 Å². The molecule has 0 radical (unpaired) electrons. The van der Waals surface area contributed by atoms with Gasteiger partial charge < -0.3 is 0 Å². The molecular weight excluding hydrogens is 328 g/mol. The van der Waals surface area contributed by atoms with Gasteiger partial charge in [0.15, 0.2) is 0 Å². The van der Waals surface area contributed by atoms with Gasteiger partial charge in [0.2, 0.25) is 0 Å². The van der Waals surface area contributed by atoms with Gasteiger partial charge in [-0.25, -0.2) is 0 Å². The van der Waals surface area contributed by atoms with Crippen LogP contribution in [0.15, 0.2) is 36.4 Å². The van der Waals surface area contributed by atoms with Gasteiger partial charge in [-0.15, -0.1) is 0 Å². The molecule has 1 saturated heterocycles. The fourth-order valence-electron chi connectivity index (χ4n) is 4.86. The topological polar surface area (TPSA) is 66.5 Å². The van der Waals surface area contributed by atoms with Crippen molar-refractivity contribution >= 4 is 29.3 Å². The lowest BCUT2D eigenvalue weighted by atomic mass is 9.63. The second kappa shape index (κ2) is 4.70. The number of hydrogen-bond donors (Lipinski definition) is 1. The van der Waals surface area contributed by atoms with Crippen LogP contribution in [0.5, 0.6) is 0 Å². The molecule has 1 aliphatic heterocycles. The van der Waals surface area contributed by atoms with Crippen LogP contribution in [0.25, 0.3) is 0 Å². The molecule has 5 nitrogen and oxygen atoms in total. The predicted molar refractivity (Wildman–Crippen MR) is 85.5 cm³/mol. The zero-order valence-electron chi connectivity index (χ0n) is 12.7. The van der Waals surface area contributed by atoms with Crippen LogP contribution in [0, 0.1) is 35.5 Å². The smallest absolute Gasteiger partial charge is 0.270 e. The van der Waals surface area contributed by atoms with Crippen molar-refractivity contribution in [2.24, 2.45) is 35.5 Å². The number of benzene rings is 1. The molecule has 1 aromatic carbocycles. The molecular formula is C18H15ClN2O3. The summed E-state index contributed by atoms with van der Waals surface area (Å²) in [5, 5.41) is 1.37. The Kier molecular flexibility index (Phi) is 2.78. The quantitative estimate of drug-likeness (QED) is 0.660. The lowest BCUT2D eigenvalue weighted by Gasteiger charge is -2.37. The van der Waals surface area contributed by atoms with E-state index in [-0.39, 0.29) is 35.5 Å². The van der Waals surface area contributed by atoms with E-state index in [1.807, 2.05) is 0 Å². The Hall–Kier alpha value is -2.14. The molecule has 1 aromatic rings. The van der Waals surface area contributed by atoms with Crippen LogP contribution >= 0.6 is 11.6 Å². The monoisotopic (exact) mass is 342 g/mol. The maximum atomic E-state index is 12.8. The molecule has 2 bridgehead atoms. The molecule has 0 spiro atoms. The summed E-state index contributed by atoms with van der Waals surface area (Å²) in [6.45, 7) is 0. The fourth-order valence-corrected chi connectivity index (χ4v) is 5.05. The summed E-state index contributed by atoms with van der Waals surface area (Å²) >= 11 is 5.89. The Labute approximate surface area is 143 Å². The molecule has 0 unspecified atom stereocenters. The SMILES string of the molecule is O=C(NN1C(=O)[C@@H]2[C@@H]3C=C[C@H]([C@@H]4C[C@H]34)[C@@H]2C1=O)c1cccc(Cl)c1. The number of allylic oxidation sites excluding steroid dienone is 2. The standard InChI is InChI=1S/C18H15ClN2O3/c19-9-3-1-2-8(6-9)16(22)20-21-17(23)14-10-4-5-11(13-7-12(10)13)15(14)18(21)24/h1-6,10-15H,7H2,(H,20,22)/t10-,11-,12-,13+,14-,15+/m1/s1. The Bertz CT molecular complexity index is 784. The third-order valence-corrected chi connectivity index (χ3v) is 6.20. The Morgan fingerprint density at radius 1 is 1.08 bits per heavy atom. The number of carbonyl (C=O) groups is 3. The van der Waals surface area contributed by atoms with Crippen LogP contribution in [-0.4, -0.2) is 22.7 Å². The highest BCUT2D eigenvalue weighted by Crippen LogP contribution is 2.65. The molecule has 122 valence electrons. The van der Waals surface area contributed by atoms with E-state index in [4.69, 9.17) is 11.6 Å². The first kappa shape index (κ1) is 14.2. The van der Waals surface area contributed by atoms with E-state index in [0.717, 1.165) is 11.4 Å². The van der Waals surface area contributed by atoms with Crippen molar-refractivity contribution in [2.75, 3.05) is 0 Å². The summed E-state index contributed by atoms with van der Waals surface area (Å²) in [6.07, 6.45) is 5.33. The van der Waals surface area contributed by atoms with Crippen molar-refractivity contribution in [2.45, 2.75) is 6.42 Å². The van der Waals surface area contributed by atoms with Gasteiger partial charge in [0.25, 0.3) is 17.7 Å². The van der Waals surface area contributed by atoms with E-state index in [1.165, 1.54) is 6.07 Å². The molecule has 1 heterocycles. The van der Waals surface area contributed by atoms with Crippen LogP contribution in [0.1, 0.15) is 16.8 Å². The highest BCUT2D eigenvalue weighted by molar-refractivity contribution is 6.31. The van der Waals surface area contributed by atoms with E-state index in [1.54, 1.807) is 18.2 Å².